The molecule has 3 unspecified atom stereocenters. The highest BCUT2D eigenvalue weighted by molar-refractivity contribution is 4.80. The summed E-state index contributed by atoms with van der Waals surface area (Å²) in [6, 6.07) is -0.0355. The summed E-state index contributed by atoms with van der Waals surface area (Å²) in [6.07, 6.45) is 1.82. The maximum atomic E-state index is 12.0. The SMILES string of the molecule is CCC1CCCC(C(N)CCCC(F)(F)F)C1. The van der Waals surface area contributed by atoms with Gasteiger partial charge in [-0.15, -0.1) is 0 Å². The van der Waals surface area contributed by atoms with Crippen LogP contribution in [-0.4, -0.2) is 12.2 Å². The zero-order chi connectivity index (χ0) is 12.9. The van der Waals surface area contributed by atoms with E-state index >= 15 is 0 Å². The summed E-state index contributed by atoms with van der Waals surface area (Å²) in [6.45, 7) is 2.18. The molecule has 1 nitrogen and oxygen atoms in total. The van der Waals surface area contributed by atoms with Gasteiger partial charge in [-0.05, 0) is 37.5 Å². The highest BCUT2D eigenvalue weighted by atomic mass is 19.4. The highest BCUT2D eigenvalue weighted by Crippen LogP contribution is 2.34. The number of hydrogen-bond donors (Lipinski definition) is 1. The average Bonchev–Trinajstić information content (AvgIpc) is 2.27. The molecule has 1 saturated carbocycles. The van der Waals surface area contributed by atoms with Gasteiger partial charge in [0.2, 0.25) is 0 Å². The summed E-state index contributed by atoms with van der Waals surface area (Å²) in [7, 11) is 0. The first-order valence-corrected chi connectivity index (χ1v) is 6.74. The van der Waals surface area contributed by atoms with E-state index in [4.69, 9.17) is 5.73 Å². The molecule has 0 radical (unpaired) electrons. The van der Waals surface area contributed by atoms with E-state index in [0.717, 1.165) is 18.8 Å². The zero-order valence-corrected chi connectivity index (χ0v) is 10.6. The van der Waals surface area contributed by atoms with Crippen molar-refractivity contribution in [3.63, 3.8) is 0 Å². The molecule has 0 aromatic rings. The van der Waals surface area contributed by atoms with Gasteiger partial charge < -0.3 is 5.73 Å². The van der Waals surface area contributed by atoms with Crippen molar-refractivity contribution in [2.45, 2.75) is 70.5 Å². The topological polar surface area (TPSA) is 26.0 Å². The molecule has 0 aromatic heterocycles. The molecule has 4 heteroatoms. The highest BCUT2D eigenvalue weighted by Gasteiger charge is 2.29. The van der Waals surface area contributed by atoms with Gasteiger partial charge in [-0.3, -0.25) is 0 Å². The minimum atomic E-state index is -4.03. The third-order valence-electron chi connectivity index (χ3n) is 4.00. The maximum absolute atomic E-state index is 12.0. The number of hydrogen-bond acceptors (Lipinski definition) is 1. The Hall–Kier alpha value is -0.250. The third-order valence-corrected chi connectivity index (χ3v) is 4.00. The normalized spacial score (nSPS) is 28.1. The molecule has 0 aromatic carbocycles. The molecule has 0 saturated heterocycles. The summed E-state index contributed by atoms with van der Waals surface area (Å²) in [5.41, 5.74) is 6.03. The first kappa shape index (κ1) is 14.8. The molecule has 1 aliphatic carbocycles. The quantitative estimate of drug-likeness (QED) is 0.776. The molecular weight excluding hydrogens is 227 g/mol. The minimum Gasteiger partial charge on any atom is -0.327 e. The zero-order valence-electron chi connectivity index (χ0n) is 10.6. The van der Waals surface area contributed by atoms with Gasteiger partial charge in [0.05, 0.1) is 0 Å². The molecule has 0 bridgehead atoms. The number of rotatable bonds is 5. The molecule has 0 amide bonds. The number of alkyl halides is 3. The molecule has 0 heterocycles. The lowest BCUT2D eigenvalue weighted by Gasteiger charge is -2.32. The number of nitrogens with two attached hydrogens (primary N) is 1. The van der Waals surface area contributed by atoms with E-state index < -0.39 is 12.6 Å². The Labute approximate surface area is 102 Å². The Morgan fingerprint density at radius 2 is 2.00 bits per heavy atom. The lowest BCUT2D eigenvalue weighted by atomic mass is 9.76. The van der Waals surface area contributed by atoms with Crippen molar-refractivity contribution in [1.82, 2.24) is 0 Å². The van der Waals surface area contributed by atoms with Gasteiger partial charge in [-0.25, -0.2) is 0 Å². The summed E-state index contributed by atoms with van der Waals surface area (Å²) >= 11 is 0. The fourth-order valence-electron chi connectivity index (χ4n) is 2.87. The maximum Gasteiger partial charge on any atom is 0.389 e. The average molecular weight is 251 g/mol. The minimum absolute atomic E-state index is 0.0355. The van der Waals surface area contributed by atoms with E-state index in [1.807, 2.05) is 0 Å². The van der Waals surface area contributed by atoms with Crippen LogP contribution in [0.2, 0.25) is 0 Å². The Morgan fingerprint density at radius 1 is 1.29 bits per heavy atom. The fourth-order valence-corrected chi connectivity index (χ4v) is 2.87. The lowest BCUT2D eigenvalue weighted by molar-refractivity contribution is -0.135. The van der Waals surface area contributed by atoms with E-state index in [0.29, 0.717) is 12.3 Å². The van der Waals surface area contributed by atoms with E-state index in [2.05, 4.69) is 6.92 Å². The van der Waals surface area contributed by atoms with E-state index in [1.165, 1.54) is 19.3 Å². The van der Waals surface area contributed by atoms with Gasteiger partial charge in [0.25, 0.3) is 0 Å². The van der Waals surface area contributed by atoms with Crippen molar-refractivity contribution >= 4 is 0 Å². The van der Waals surface area contributed by atoms with E-state index in [9.17, 15) is 13.2 Å². The van der Waals surface area contributed by atoms with E-state index in [-0.39, 0.29) is 12.5 Å². The molecule has 102 valence electrons. The summed E-state index contributed by atoms with van der Waals surface area (Å²) in [4.78, 5) is 0. The van der Waals surface area contributed by atoms with Gasteiger partial charge in [0, 0.05) is 12.5 Å². The van der Waals surface area contributed by atoms with Crippen LogP contribution < -0.4 is 5.73 Å². The van der Waals surface area contributed by atoms with Gasteiger partial charge in [0.15, 0.2) is 0 Å². The Kier molecular flexibility index (Phi) is 5.77. The smallest absolute Gasteiger partial charge is 0.327 e. The van der Waals surface area contributed by atoms with E-state index in [1.54, 1.807) is 0 Å². The van der Waals surface area contributed by atoms with Gasteiger partial charge in [0.1, 0.15) is 0 Å². The van der Waals surface area contributed by atoms with Crippen molar-refractivity contribution in [2.24, 2.45) is 17.6 Å². The van der Waals surface area contributed by atoms with Crippen LogP contribution in [0, 0.1) is 11.8 Å². The van der Waals surface area contributed by atoms with Crippen LogP contribution in [0.15, 0.2) is 0 Å². The van der Waals surface area contributed by atoms with Crippen LogP contribution in [0.5, 0.6) is 0 Å². The summed E-state index contributed by atoms with van der Waals surface area (Å²) < 4.78 is 36.1. The van der Waals surface area contributed by atoms with Crippen LogP contribution in [0.3, 0.4) is 0 Å². The molecule has 0 aliphatic heterocycles. The standard InChI is InChI=1S/C13H24F3N/c1-2-10-5-3-6-11(9-10)12(17)7-4-8-13(14,15)16/h10-12H,2-9,17H2,1H3. The summed E-state index contributed by atoms with van der Waals surface area (Å²) in [5, 5.41) is 0. The van der Waals surface area contributed by atoms with Crippen LogP contribution in [0.4, 0.5) is 13.2 Å². The van der Waals surface area contributed by atoms with Gasteiger partial charge in [-0.2, -0.15) is 13.2 Å². The van der Waals surface area contributed by atoms with Crippen molar-refractivity contribution in [1.29, 1.82) is 0 Å². The second-order valence-corrected chi connectivity index (χ2v) is 5.37. The Morgan fingerprint density at radius 3 is 2.59 bits per heavy atom. The molecule has 17 heavy (non-hydrogen) atoms. The third kappa shape index (κ3) is 5.75. The van der Waals surface area contributed by atoms with Crippen molar-refractivity contribution in [2.75, 3.05) is 0 Å². The fraction of sp³-hybridized carbons (Fsp3) is 1.00. The van der Waals surface area contributed by atoms with Crippen molar-refractivity contribution in [3.8, 4) is 0 Å². The van der Waals surface area contributed by atoms with Gasteiger partial charge in [-0.1, -0.05) is 26.2 Å². The molecular formula is C13H24F3N. The Balaban J connectivity index is 2.24. The van der Waals surface area contributed by atoms with Crippen LogP contribution in [0.25, 0.3) is 0 Å². The second-order valence-electron chi connectivity index (χ2n) is 5.37. The first-order chi connectivity index (χ1) is 7.92. The largest absolute Gasteiger partial charge is 0.389 e. The summed E-state index contributed by atoms with van der Waals surface area (Å²) in [5.74, 6) is 1.18. The predicted octanol–water partition coefficient (Wildman–Crippen LogP) is 4.26. The first-order valence-electron chi connectivity index (χ1n) is 6.74. The molecule has 1 fully saturated rings. The van der Waals surface area contributed by atoms with Crippen molar-refractivity contribution < 1.29 is 13.2 Å². The monoisotopic (exact) mass is 251 g/mol. The van der Waals surface area contributed by atoms with Gasteiger partial charge >= 0.3 is 6.18 Å². The molecule has 1 rings (SSSR count). The molecule has 3 atom stereocenters. The molecule has 0 spiro atoms. The predicted molar refractivity (Wildman–Crippen MR) is 63.6 cm³/mol. The molecule has 1 aliphatic rings. The Bertz CT molecular complexity index is 215. The van der Waals surface area contributed by atoms with Crippen LogP contribution in [0.1, 0.15) is 58.3 Å². The van der Waals surface area contributed by atoms with Crippen molar-refractivity contribution in [3.05, 3.63) is 0 Å². The van der Waals surface area contributed by atoms with Crippen LogP contribution >= 0.6 is 0 Å². The lowest BCUT2D eigenvalue weighted by Crippen LogP contribution is -2.34. The second kappa shape index (κ2) is 6.62. The molecule has 2 N–H and O–H groups in total. The van der Waals surface area contributed by atoms with Crippen LogP contribution in [-0.2, 0) is 0 Å². The number of halogens is 3.